The monoisotopic (exact) mass is 438 g/mol. The molecule has 2 amide bonds. The van der Waals surface area contributed by atoms with Crippen molar-refractivity contribution in [1.29, 1.82) is 0 Å². The summed E-state index contributed by atoms with van der Waals surface area (Å²) in [5.74, 6) is -0.500. The molecule has 0 spiro atoms. The molecular weight excluding hydrogens is 420 g/mol. The first-order chi connectivity index (χ1) is 14.9. The Hall–Kier alpha value is -3.73. The number of para-hydroxylation sites is 2. The van der Waals surface area contributed by atoms with Crippen molar-refractivity contribution in [2.45, 2.75) is 22.9 Å². The summed E-state index contributed by atoms with van der Waals surface area (Å²) >= 11 is 1.09. The standard InChI is InChI=1S/C20H18N6O4S/c1-24-12-21-23-20(24)31-17-9-8-13(11-16(17)26(29)30)19(28)22-14-5-2-3-6-15(14)25-10-4-7-18(25)27/h2-3,5-6,8-9,11-12H,4,7,10H2,1H3,(H,22,28). The maximum Gasteiger partial charge on any atom is 0.284 e. The van der Waals surface area contributed by atoms with Gasteiger partial charge in [-0.2, -0.15) is 0 Å². The van der Waals surface area contributed by atoms with Crippen LogP contribution in [0.15, 0.2) is 58.8 Å². The smallest absolute Gasteiger partial charge is 0.284 e. The van der Waals surface area contributed by atoms with Gasteiger partial charge in [-0.25, -0.2) is 0 Å². The Labute approximate surface area is 181 Å². The lowest BCUT2D eigenvalue weighted by Crippen LogP contribution is -2.25. The molecule has 31 heavy (non-hydrogen) atoms. The van der Waals surface area contributed by atoms with Crippen LogP contribution in [0.4, 0.5) is 17.1 Å². The topological polar surface area (TPSA) is 123 Å². The van der Waals surface area contributed by atoms with E-state index in [4.69, 9.17) is 0 Å². The molecule has 0 saturated carbocycles. The normalized spacial score (nSPS) is 13.5. The van der Waals surface area contributed by atoms with Crippen LogP contribution in [-0.4, -0.2) is 38.0 Å². The Morgan fingerprint density at radius 3 is 2.74 bits per heavy atom. The van der Waals surface area contributed by atoms with Gasteiger partial charge in [0.05, 0.1) is 21.2 Å². The third-order valence-corrected chi connectivity index (χ3v) is 5.92. The highest BCUT2D eigenvalue weighted by atomic mass is 32.2. The number of carbonyl (C=O) groups is 2. The van der Waals surface area contributed by atoms with Crippen molar-refractivity contribution in [3.63, 3.8) is 0 Å². The number of nitro groups is 1. The van der Waals surface area contributed by atoms with Gasteiger partial charge in [0.15, 0.2) is 5.16 Å². The van der Waals surface area contributed by atoms with Crippen molar-refractivity contribution in [3.8, 4) is 0 Å². The van der Waals surface area contributed by atoms with E-state index in [1.54, 1.807) is 40.8 Å². The Balaban J connectivity index is 1.60. The minimum Gasteiger partial charge on any atom is -0.320 e. The van der Waals surface area contributed by atoms with Gasteiger partial charge in [0.25, 0.3) is 11.6 Å². The molecular formula is C20H18N6O4S. The third kappa shape index (κ3) is 4.26. The van der Waals surface area contributed by atoms with E-state index in [0.29, 0.717) is 34.4 Å². The fraction of sp³-hybridized carbons (Fsp3) is 0.200. The van der Waals surface area contributed by atoms with E-state index in [-0.39, 0.29) is 17.2 Å². The summed E-state index contributed by atoms with van der Waals surface area (Å²) < 4.78 is 1.64. The van der Waals surface area contributed by atoms with Crippen molar-refractivity contribution in [2.24, 2.45) is 7.05 Å². The first-order valence-corrected chi connectivity index (χ1v) is 10.3. The van der Waals surface area contributed by atoms with Gasteiger partial charge in [-0.05, 0) is 42.4 Å². The van der Waals surface area contributed by atoms with E-state index in [2.05, 4.69) is 15.5 Å². The zero-order valence-corrected chi connectivity index (χ0v) is 17.3. The molecule has 158 valence electrons. The Bertz CT molecular complexity index is 1180. The van der Waals surface area contributed by atoms with Crippen LogP contribution in [0, 0.1) is 10.1 Å². The van der Waals surface area contributed by atoms with Crippen LogP contribution in [0.1, 0.15) is 23.2 Å². The molecule has 1 N–H and O–H groups in total. The van der Waals surface area contributed by atoms with E-state index in [0.717, 1.165) is 18.2 Å². The fourth-order valence-electron chi connectivity index (χ4n) is 3.26. The van der Waals surface area contributed by atoms with Crippen molar-refractivity contribution >= 4 is 40.6 Å². The van der Waals surface area contributed by atoms with E-state index >= 15 is 0 Å². The minimum atomic E-state index is -0.535. The highest BCUT2D eigenvalue weighted by Crippen LogP contribution is 2.35. The van der Waals surface area contributed by atoms with Crippen LogP contribution in [0.5, 0.6) is 0 Å². The van der Waals surface area contributed by atoms with Crippen LogP contribution < -0.4 is 10.2 Å². The maximum atomic E-state index is 12.8. The third-order valence-electron chi connectivity index (χ3n) is 4.81. The van der Waals surface area contributed by atoms with E-state index in [1.165, 1.54) is 24.5 Å². The second-order valence-electron chi connectivity index (χ2n) is 6.89. The Morgan fingerprint density at radius 2 is 2.06 bits per heavy atom. The lowest BCUT2D eigenvalue weighted by molar-refractivity contribution is -0.387. The van der Waals surface area contributed by atoms with Crippen LogP contribution >= 0.6 is 11.8 Å². The summed E-state index contributed by atoms with van der Waals surface area (Å²) in [6, 6.07) is 11.3. The maximum absolute atomic E-state index is 12.8. The van der Waals surface area contributed by atoms with Gasteiger partial charge in [0, 0.05) is 31.6 Å². The number of carbonyl (C=O) groups excluding carboxylic acids is 2. The molecule has 0 bridgehead atoms. The number of nitrogens with zero attached hydrogens (tertiary/aromatic N) is 5. The van der Waals surface area contributed by atoms with E-state index < -0.39 is 10.8 Å². The number of hydrogen-bond donors (Lipinski definition) is 1. The summed E-state index contributed by atoms with van der Waals surface area (Å²) in [7, 11) is 1.73. The second kappa shape index (κ2) is 8.56. The molecule has 0 atom stereocenters. The quantitative estimate of drug-likeness (QED) is 0.463. The van der Waals surface area contributed by atoms with Crippen molar-refractivity contribution in [2.75, 3.05) is 16.8 Å². The zero-order valence-electron chi connectivity index (χ0n) is 16.5. The number of rotatable bonds is 6. The highest BCUT2D eigenvalue weighted by molar-refractivity contribution is 7.99. The first kappa shape index (κ1) is 20.5. The number of aromatic nitrogens is 3. The predicted molar refractivity (Wildman–Crippen MR) is 114 cm³/mol. The van der Waals surface area contributed by atoms with Gasteiger partial charge in [-0.1, -0.05) is 12.1 Å². The predicted octanol–water partition coefficient (Wildman–Crippen LogP) is 3.25. The Kier molecular flexibility index (Phi) is 5.67. The molecule has 0 unspecified atom stereocenters. The van der Waals surface area contributed by atoms with Gasteiger partial charge in [-0.15, -0.1) is 10.2 Å². The number of nitro benzene ring substituents is 1. The molecule has 0 radical (unpaired) electrons. The van der Waals surface area contributed by atoms with Crippen LogP contribution in [-0.2, 0) is 11.8 Å². The molecule has 2 heterocycles. The van der Waals surface area contributed by atoms with E-state index in [9.17, 15) is 19.7 Å². The second-order valence-corrected chi connectivity index (χ2v) is 7.90. The number of benzene rings is 2. The first-order valence-electron chi connectivity index (χ1n) is 9.45. The summed E-state index contributed by atoms with van der Waals surface area (Å²) in [4.78, 5) is 38.0. The van der Waals surface area contributed by atoms with Gasteiger partial charge in [-0.3, -0.25) is 19.7 Å². The molecule has 0 aliphatic carbocycles. The number of nitrogens with one attached hydrogen (secondary N) is 1. The molecule has 1 aliphatic heterocycles. The van der Waals surface area contributed by atoms with Crippen LogP contribution in [0.2, 0.25) is 0 Å². The van der Waals surface area contributed by atoms with Gasteiger partial charge < -0.3 is 14.8 Å². The molecule has 2 aromatic carbocycles. The summed E-state index contributed by atoms with van der Waals surface area (Å²) in [6.07, 6.45) is 2.73. The van der Waals surface area contributed by atoms with Gasteiger partial charge in [0.1, 0.15) is 6.33 Å². The number of anilines is 2. The number of hydrogen-bond acceptors (Lipinski definition) is 7. The SMILES string of the molecule is Cn1cnnc1Sc1ccc(C(=O)Nc2ccccc2N2CCCC2=O)cc1[N+](=O)[O-]. The summed E-state index contributed by atoms with van der Waals surface area (Å²) in [6.45, 7) is 0.588. The largest absolute Gasteiger partial charge is 0.320 e. The summed E-state index contributed by atoms with van der Waals surface area (Å²) in [5.41, 5.74) is 1.02. The summed E-state index contributed by atoms with van der Waals surface area (Å²) in [5, 5.41) is 22.6. The molecule has 4 rings (SSSR count). The molecule has 10 nitrogen and oxygen atoms in total. The van der Waals surface area contributed by atoms with E-state index in [1.807, 2.05) is 0 Å². The average molecular weight is 438 g/mol. The van der Waals surface area contributed by atoms with Crippen molar-refractivity contribution in [3.05, 3.63) is 64.5 Å². The average Bonchev–Trinajstić information content (AvgIpc) is 3.36. The molecule has 1 saturated heterocycles. The van der Waals surface area contributed by atoms with Crippen LogP contribution in [0.25, 0.3) is 0 Å². The fourth-order valence-corrected chi connectivity index (χ4v) is 4.11. The van der Waals surface area contributed by atoms with Gasteiger partial charge >= 0.3 is 0 Å². The molecule has 1 aliphatic rings. The lowest BCUT2D eigenvalue weighted by atomic mass is 10.1. The minimum absolute atomic E-state index is 0.00230. The highest BCUT2D eigenvalue weighted by Gasteiger charge is 2.25. The number of aryl methyl sites for hydroxylation is 1. The Morgan fingerprint density at radius 1 is 1.26 bits per heavy atom. The lowest BCUT2D eigenvalue weighted by Gasteiger charge is -2.20. The zero-order chi connectivity index (χ0) is 22.0. The molecule has 11 heteroatoms. The van der Waals surface area contributed by atoms with Gasteiger partial charge in [0.2, 0.25) is 5.91 Å². The molecule has 1 aromatic heterocycles. The molecule has 3 aromatic rings. The van der Waals surface area contributed by atoms with Crippen molar-refractivity contribution < 1.29 is 14.5 Å². The van der Waals surface area contributed by atoms with Crippen molar-refractivity contribution in [1.82, 2.24) is 14.8 Å². The number of amides is 2. The van der Waals surface area contributed by atoms with Crippen LogP contribution in [0.3, 0.4) is 0 Å². The molecule has 1 fully saturated rings.